The van der Waals surface area contributed by atoms with Gasteiger partial charge in [-0.25, -0.2) is 0 Å². The highest BCUT2D eigenvalue weighted by Crippen LogP contribution is 2.33. The minimum Gasteiger partial charge on any atom is -0.496 e. The van der Waals surface area contributed by atoms with Crippen LogP contribution in [0.3, 0.4) is 0 Å². The predicted molar refractivity (Wildman–Crippen MR) is 85.2 cm³/mol. The molecule has 0 aliphatic carbocycles. The van der Waals surface area contributed by atoms with E-state index in [9.17, 15) is 4.79 Å². The summed E-state index contributed by atoms with van der Waals surface area (Å²) >= 11 is 1.45. The van der Waals surface area contributed by atoms with Gasteiger partial charge in [-0.05, 0) is 17.7 Å². The van der Waals surface area contributed by atoms with E-state index < -0.39 is 11.4 Å². The van der Waals surface area contributed by atoms with E-state index in [-0.39, 0.29) is 0 Å². The maximum atomic E-state index is 11.9. The third-order valence-electron chi connectivity index (χ3n) is 3.25. The van der Waals surface area contributed by atoms with Crippen molar-refractivity contribution in [2.24, 2.45) is 11.5 Å². The number of primary amides is 1. The number of rotatable bonds is 6. The molecule has 0 bridgehead atoms. The molecule has 2 rings (SSSR count). The second-order valence-electron chi connectivity index (χ2n) is 4.64. The molecule has 4 nitrogen and oxygen atoms in total. The average Bonchev–Trinajstić information content (AvgIpc) is 2.53. The summed E-state index contributed by atoms with van der Waals surface area (Å²) in [5, 5.41) is 0. The van der Waals surface area contributed by atoms with Crippen molar-refractivity contribution >= 4 is 17.7 Å². The Bertz CT molecular complexity index is 619. The van der Waals surface area contributed by atoms with Crippen molar-refractivity contribution < 1.29 is 9.53 Å². The molecule has 0 aromatic heterocycles. The summed E-state index contributed by atoms with van der Waals surface area (Å²) < 4.78 is 5.30. The number of ether oxygens (including phenoxy) is 1. The average molecular weight is 302 g/mol. The van der Waals surface area contributed by atoms with Gasteiger partial charge in [-0.1, -0.05) is 42.5 Å². The van der Waals surface area contributed by atoms with Crippen LogP contribution in [-0.4, -0.2) is 18.8 Å². The third-order valence-corrected chi connectivity index (χ3v) is 4.50. The molecule has 110 valence electrons. The first-order valence-corrected chi connectivity index (χ1v) is 7.46. The molecule has 0 radical (unpaired) electrons. The number of nitrogens with two attached hydrogens (primary N) is 2. The molecular formula is C16H18N2O2S. The molecule has 21 heavy (non-hydrogen) atoms. The van der Waals surface area contributed by atoms with Crippen molar-refractivity contribution in [3.63, 3.8) is 0 Å². The standard InChI is InChI=1S/C16H18N2O2S/c1-20-13-9-5-6-10-14(13)21-11-16(18,15(17)19)12-7-3-2-4-8-12/h2-10H,11,18H2,1H3,(H2,17,19). The summed E-state index contributed by atoms with van der Waals surface area (Å²) in [6.45, 7) is 0. The van der Waals surface area contributed by atoms with Crippen molar-refractivity contribution in [1.82, 2.24) is 0 Å². The Kier molecular flexibility index (Phi) is 4.88. The summed E-state index contributed by atoms with van der Waals surface area (Å²) in [4.78, 5) is 12.8. The molecule has 0 spiro atoms. The summed E-state index contributed by atoms with van der Waals surface area (Å²) in [7, 11) is 1.61. The molecule has 0 aliphatic heterocycles. The van der Waals surface area contributed by atoms with E-state index in [0.717, 1.165) is 10.6 Å². The van der Waals surface area contributed by atoms with E-state index in [1.807, 2.05) is 54.6 Å². The zero-order valence-corrected chi connectivity index (χ0v) is 12.6. The van der Waals surface area contributed by atoms with E-state index in [1.54, 1.807) is 7.11 Å². The fraction of sp³-hybridized carbons (Fsp3) is 0.188. The number of thioether (sulfide) groups is 1. The number of hydrogen-bond donors (Lipinski definition) is 2. The lowest BCUT2D eigenvalue weighted by Gasteiger charge is -2.26. The molecule has 0 fully saturated rings. The van der Waals surface area contributed by atoms with Gasteiger partial charge in [-0.15, -0.1) is 11.8 Å². The highest BCUT2D eigenvalue weighted by molar-refractivity contribution is 7.99. The van der Waals surface area contributed by atoms with E-state index in [1.165, 1.54) is 11.8 Å². The maximum absolute atomic E-state index is 11.9. The number of benzene rings is 2. The monoisotopic (exact) mass is 302 g/mol. The highest BCUT2D eigenvalue weighted by Gasteiger charge is 2.34. The molecule has 1 atom stereocenters. The molecule has 0 saturated carbocycles. The van der Waals surface area contributed by atoms with Crippen LogP contribution in [0.5, 0.6) is 5.75 Å². The molecule has 0 heterocycles. The van der Waals surface area contributed by atoms with Crippen LogP contribution in [-0.2, 0) is 10.3 Å². The summed E-state index contributed by atoms with van der Waals surface area (Å²) in [6, 6.07) is 16.8. The molecule has 1 amide bonds. The Hall–Kier alpha value is -1.98. The second-order valence-corrected chi connectivity index (χ2v) is 5.66. The molecule has 0 saturated heterocycles. The van der Waals surface area contributed by atoms with Crippen molar-refractivity contribution in [3.8, 4) is 5.75 Å². The first kappa shape index (κ1) is 15.4. The lowest BCUT2D eigenvalue weighted by Crippen LogP contribution is -2.51. The van der Waals surface area contributed by atoms with Crippen LogP contribution in [0.15, 0.2) is 59.5 Å². The lowest BCUT2D eigenvalue weighted by molar-refractivity contribution is -0.122. The smallest absolute Gasteiger partial charge is 0.243 e. The minimum absolute atomic E-state index is 0.340. The molecule has 4 N–H and O–H groups in total. The van der Waals surface area contributed by atoms with Crippen LogP contribution >= 0.6 is 11.8 Å². The number of hydrogen-bond acceptors (Lipinski definition) is 4. The number of para-hydroxylation sites is 1. The van der Waals surface area contributed by atoms with Crippen LogP contribution < -0.4 is 16.2 Å². The summed E-state index contributed by atoms with van der Waals surface area (Å²) in [5.41, 5.74) is 11.3. The number of carbonyl (C=O) groups excluding carboxylic acids is 1. The molecule has 5 heteroatoms. The van der Waals surface area contributed by atoms with Crippen molar-refractivity contribution in [2.45, 2.75) is 10.4 Å². The predicted octanol–water partition coefficient (Wildman–Crippen LogP) is 2.13. The van der Waals surface area contributed by atoms with Gasteiger partial charge in [0, 0.05) is 10.6 Å². The fourth-order valence-electron chi connectivity index (χ4n) is 1.96. The number of methoxy groups -OCH3 is 1. The van der Waals surface area contributed by atoms with Gasteiger partial charge < -0.3 is 16.2 Å². The van der Waals surface area contributed by atoms with Gasteiger partial charge in [0.05, 0.1) is 7.11 Å². The van der Waals surface area contributed by atoms with Gasteiger partial charge in [-0.3, -0.25) is 4.79 Å². The Balaban J connectivity index is 2.24. The van der Waals surface area contributed by atoms with E-state index in [2.05, 4.69) is 0 Å². The van der Waals surface area contributed by atoms with E-state index in [0.29, 0.717) is 11.3 Å². The summed E-state index contributed by atoms with van der Waals surface area (Å²) in [6.07, 6.45) is 0. The molecule has 1 unspecified atom stereocenters. The highest BCUT2D eigenvalue weighted by atomic mass is 32.2. The van der Waals surface area contributed by atoms with Crippen LogP contribution in [0.4, 0.5) is 0 Å². The molecular weight excluding hydrogens is 284 g/mol. The summed E-state index contributed by atoms with van der Waals surface area (Å²) in [5.74, 6) is 0.547. The topological polar surface area (TPSA) is 78.3 Å². The second kappa shape index (κ2) is 6.65. The first-order chi connectivity index (χ1) is 10.1. The number of carbonyl (C=O) groups is 1. The third kappa shape index (κ3) is 3.37. The minimum atomic E-state index is -1.22. The first-order valence-electron chi connectivity index (χ1n) is 6.48. The quantitative estimate of drug-likeness (QED) is 0.801. The van der Waals surface area contributed by atoms with Gasteiger partial charge in [0.25, 0.3) is 0 Å². The molecule has 2 aromatic rings. The Morgan fingerprint density at radius 2 is 1.76 bits per heavy atom. The van der Waals surface area contributed by atoms with Gasteiger partial charge in [0.15, 0.2) is 0 Å². The largest absolute Gasteiger partial charge is 0.496 e. The number of amides is 1. The Morgan fingerprint density at radius 1 is 1.14 bits per heavy atom. The Morgan fingerprint density at radius 3 is 2.38 bits per heavy atom. The van der Waals surface area contributed by atoms with E-state index in [4.69, 9.17) is 16.2 Å². The van der Waals surface area contributed by atoms with Gasteiger partial charge in [-0.2, -0.15) is 0 Å². The van der Waals surface area contributed by atoms with Crippen molar-refractivity contribution in [1.29, 1.82) is 0 Å². The fourth-order valence-corrected chi connectivity index (χ4v) is 3.12. The van der Waals surface area contributed by atoms with Crippen molar-refractivity contribution in [2.75, 3.05) is 12.9 Å². The van der Waals surface area contributed by atoms with Gasteiger partial charge in [0.2, 0.25) is 5.91 Å². The van der Waals surface area contributed by atoms with E-state index >= 15 is 0 Å². The van der Waals surface area contributed by atoms with Crippen LogP contribution in [0.2, 0.25) is 0 Å². The zero-order chi connectivity index (χ0) is 15.3. The van der Waals surface area contributed by atoms with Gasteiger partial charge in [0.1, 0.15) is 11.3 Å². The maximum Gasteiger partial charge on any atom is 0.243 e. The van der Waals surface area contributed by atoms with Crippen molar-refractivity contribution in [3.05, 3.63) is 60.2 Å². The lowest BCUT2D eigenvalue weighted by atomic mass is 9.92. The SMILES string of the molecule is COc1ccccc1SCC(N)(C(N)=O)c1ccccc1. The normalized spacial score (nSPS) is 13.4. The van der Waals surface area contributed by atoms with Crippen LogP contribution in [0.1, 0.15) is 5.56 Å². The molecule has 2 aromatic carbocycles. The molecule has 0 aliphatic rings. The zero-order valence-electron chi connectivity index (χ0n) is 11.8. The van der Waals surface area contributed by atoms with Crippen LogP contribution in [0.25, 0.3) is 0 Å². The Labute approximate surface area is 128 Å². The van der Waals surface area contributed by atoms with Crippen LogP contribution in [0, 0.1) is 0 Å². The van der Waals surface area contributed by atoms with Gasteiger partial charge >= 0.3 is 0 Å².